The van der Waals surface area contributed by atoms with Crippen molar-refractivity contribution in [1.82, 2.24) is 24.8 Å². The van der Waals surface area contributed by atoms with Crippen LogP contribution in [-0.4, -0.2) is 57.0 Å². The summed E-state index contributed by atoms with van der Waals surface area (Å²) < 4.78 is 7.81. The molecule has 8 nitrogen and oxygen atoms in total. The molecule has 2 amide bonds. The van der Waals surface area contributed by atoms with E-state index in [4.69, 9.17) is 9.72 Å². The summed E-state index contributed by atoms with van der Waals surface area (Å²) >= 11 is 0. The van der Waals surface area contributed by atoms with Gasteiger partial charge in [0.25, 0.3) is 11.8 Å². The number of hydrogen-bond acceptors (Lipinski definition) is 5. The van der Waals surface area contributed by atoms with E-state index in [2.05, 4.69) is 10.3 Å². The normalized spacial score (nSPS) is 15.0. The van der Waals surface area contributed by atoms with Crippen LogP contribution in [0.5, 0.6) is 5.75 Å². The van der Waals surface area contributed by atoms with Crippen LogP contribution in [0.2, 0.25) is 0 Å². The van der Waals surface area contributed by atoms with Crippen LogP contribution in [0.3, 0.4) is 0 Å². The van der Waals surface area contributed by atoms with Gasteiger partial charge in [-0.15, -0.1) is 0 Å². The van der Waals surface area contributed by atoms with Crippen LogP contribution in [0.1, 0.15) is 53.8 Å². The van der Waals surface area contributed by atoms with E-state index in [1.165, 1.54) is 0 Å². The molecule has 1 aromatic carbocycles. The number of nitrogens with zero attached hydrogens (tertiary/aromatic N) is 4. The number of ether oxygens (including phenoxy) is 1. The molecule has 1 unspecified atom stereocenters. The SMILES string of the molecule is Cc1ccc(C(=O)NCCCn2ccnc2)c(C2CCN(C(=O)C(C)Oc3ccccc3)CC2)n1. The molecule has 0 spiro atoms. The predicted molar refractivity (Wildman–Crippen MR) is 133 cm³/mol. The molecule has 0 radical (unpaired) electrons. The highest BCUT2D eigenvalue weighted by atomic mass is 16.5. The van der Waals surface area contributed by atoms with Crippen molar-refractivity contribution in [3.8, 4) is 5.75 Å². The number of likely N-dealkylation sites (tertiary alicyclic amines) is 1. The number of hydrogen-bond donors (Lipinski definition) is 1. The van der Waals surface area contributed by atoms with Gasteiger partial charge in [-0.25, -0.2) is 4.98 Å². The van der Waals surface area contributed by atoms with Crippen molar-refractivity contribution in [2.45, 2.75) is 51.7 Å². The third kappa shape index (κ3) is 6.47. The Bertz CT molecular complexity index is 1110. The number of carbonyl (C=O) groups is 2. The van der Waals surface area contributed by atoms with Gasteiger partial charge in [-0.3, -0.25) is 14.6 Å². The Balaban J connectivity index is 1.32. The number of benzene rings is 1. The maximum absolute atomic E-state index is 13.0. The summed E-state index contributed by atoms with van der Waals surface area (Å²) in [7, 11) is 0. The first-order chi connectivity index (χ1) is 17.0. The lowest BCUT2D eigenvalue weighted by Gasteiger charge is -2.34. The fourth-order valence-corrected chi connectivity index (χ4v) is 4.44. The van der Waals surface area contributed by atoms with Gasteiger partial charge in [0.05, 0.1) is 17.6 Å². The highest BCUT2D eigenvalue weighted by Gasteiger charge is 2.30. The topological polar surface area (TPSA) is 89.4 Å². The van der Waals surface area contributed by atoms with E-state index in [0.717, 1.165) is 37.2 Å². The number of rotatable bonds is 9. The molecule has 184 valence electrons. The molecule has 1 N–H and O–H groups in total. The minimum absolute atomic E-state index is 0.0136. The smallest absolute Gasteiger partial charge is 0.263 e. The Morgan fingerprint density at radius 2 is 1.91 bits per heavy atom. The Morgan fingerprint density at radius 3 is 2.63 bits per heavy atom. The van der Waals surface area contributed by atoms with Crippen LogP contribution < -0.4 is 10.1 Å². The van der Waals surface area contributed by atoms with E-state index < -0.39 is 6.10 Å². The summed E-state index contributed by atoms with van der Waals surface area (Å²) in [6.07, 6.45) is 7.24. The highest BCUT2D eigenvalue weighted by Crippen LogP contribution is 2.30. The summed E-state index contributed by atoms with van der Waals surface area (Å²) in [5.41, 5.74) is 2.35. The molecular formula is C27H33N5O3. The van der Waals surface area contributed by atoms with E-state index in [1.807, 2.05) is 65.1 Å². The number of nitrogens with one attached hydrogen (secondary N) is 1. The second-order valence-corrected chi connectivity index (χ2v) is 8.97. The van der Waals surface area contributed by atoms with E-state index in [-0.39, 0.29) is 17.7 Å². The van der Waals surface area contributed by atoms with Crippen molar-refractivity contribution < 1.29 is 14.3 Å². The van der Waals surface area contributed by atoms with Crippen LogP contribution in [0.25, 0.3) is 0 Å². The molecule has 4 rings (SSSR count). The lowest BCUT2D eigenvalue weighted by atomic mass is 9.89. The van der Waals surface area contributed by atoms with Crippen molar-refractivity contribution in [2.24, 2.45) is 0 Å². The van der Waals surface area contributed by atoms with Gasteiger partial charge < -0.3 is 19.5 Å². The number of para-hydroxylation sites is 1. The van der Waals surface area contributed by atoms with Crippen molar-refractivity contribution in [1.29, 1.82) is 0 Å². The zero-order chi connectivity index (χ0) is 24.6. The van der Waals surface area contributed by atoms with Gasteiger partial charge in [-0.05, 0) is 57.4 Å². The van der Waals surface area contributed by atoms with Gasteiger partial charge in [0.1, 0.15) is 5.75 Å². The van der Waals surface area contributed by atoms with Gasteiger partial charge in [-0.2, -0.15) is 0 Å². The van der Waals surface area contributed by atoms with Crippen LogP contribution in [-0.2, 0) is 11.3 Å². The molecule has 2 aromatic heterocycles. The number of imidazole rings is 1. The number of amides is 2. The van der Waals surface area contributed by atoms with Crippen molar-refractivity contribution in [2.75, 3.05) is 19.6 Å². The third-order valence-corrected chi connectivity index (χ3v) is 6.34. The highest BCUT2D eigenvalue weighted by molar-refractivity contribution is 5.95. The lowest BCUT2D eigenvalue weighted by molar-refractivity contribution is -0.139. The third-order valence-electron chi connectivity index (χ3n) is 6.34. The Kier molecular flexibility index (Phi) is 8.13. The monoisotopic (exact) mass is 475 g/mol. The number of piperidine rings is 1. The average Bonchev–Trinajstić information content (AvgIpc) is 3.40. The molecule has 35 heavy (non-hydrogen) atoms. The van der Waals surface area contributed by atoms with Gasteiger partial charge in [0.2, 0.25) is 0 Å². The summed E-state index contributed by atoms with van der Waals surface area (Å²) in [4.78, 5) is 36.5. The maximum atomic E-state index is 13.0. The molecule has 3 aromatic rings. The minimum atomic E-state index is -0.547. The van der Waals surface area contributed by atoms with Crippen LogP contribution in [0, 0.1) is 6.92 Å². The summed E-state index contributed by atoms with van der Waals surface area (Å²) in [5.74, 6) is 0.714. The quantitative estimate of drug-likeness (QED) is 0.478. The maximum Gasteiger partial charge on any atom is 0.263 e. The van der Waals surface area contributed by atoms with Gasteiger partial charge >= 0.3 is 0 Å². The second kappa shape index (κ2) is 11.6. The zero-order valence-corrected chi connectivity index (χ0v) is 20.4. The number of aryl methyl sites for hydroxylation is 2. The van der Waals surface area contributed by atoms with Crippen molar-refractivity contribution >= 4 is 11.8 Å². The van der Waals surface area contributed by atoms with E-state index in [0.29, 0.717) is 30.9 Å². The first-order valence-corrected chi connectivity index (χ1v) is 12.2. The molecule has 0 bridgehead atoms. The predicted octanol–water partition coefficient (Wildman–Crippen LogP) is 3.58. The van der Waals surface area contributed by atoms with Crippen molar-refractivity contribution in [3.63, 3.8) is 0 Å². The number of carbonyl (C=O) groups excluding carboxylic acids is 2. The molecule has 1 atom stereocenters. The Labute approximate surface area is 206 Å². The fourth-order valence-electron chi connectivity index (χ4n) is 4.44. The molecule has 0 saturated carbocycles. The number of pyridine rings is 1. The summed E-state index contributed by atoms with van der Waals surface area (Å²) in [5, 5.41) is 3.03. The molecular weight excluding hydrogens is 442 g/mol. The van der Waals surface area contributed by atoms with E-state index >= 15 is 0 Å². The lowest BCUT2D eigenvalue weighted by Crippen LogP contribution is -2.44. The first kappa shape index (κ1) is 24.4. The second-order valence-electron chi connectivity index (χ2n) is 8.97. The van der Waals surface area contributed by atoms with Crippen molar-refractivity contribution in [3.05, 3.63) is 78.1 Å². The number of aromatic nitrogens is 3. The Hall–Kier alpha value is -3.68. The largest absolute Gasteiger partial charge is 0.481 e. The fraction of sp³-hybridized carbons (Fsp3) is 0.407. The average molecular weight is 476 g/mol. The standard InChI is InChI=1S/C27H33N5O3/c1-20-9-10-24(26(33)29-13-6-15-31-18-14-28-19-31)25(30-20)22-11-16-32(17-12-22)27(34)21(2)35-23-7-4-3-5-8-23/h3-5,7-10,14,18-19,21-22H,6,11-13,15-17H2,1-2H3,(H,29,33). The van der Waals surface area contributed by atoms with Crippen LogP contribution in [0.4, 0.5) is 0 Å². The van der Waals surface area contributed by atoms with Crippen LogP contribution in [0.15, 0.2) is 61.2 Å². The van der Waals surface area contributed by atoms with E-state index in [9.17, 15) is 9.59 Å². The van der Waals surface area contributed by atoms with Crippen LogP contribution >= 0.6 is 0 Å². The molecule has 3 heterocycles. The molecule has 1 saturated heterocycles. The zero-order valence-electron chi connectivity index (χ0n) is 20.4. The van der Waals surface area contributed by atoms with Gasteiger partial charge in [0, 0.05) is 50.2 Å². The molecule has 1 aliphatic heterocycles. The summed E-state index contributed by atoms with van der Waals surface area (Å²) in [6, 6.07) is 13.1. The summed E-state index contributed by atoms with van der Waals surface area (Å²) in [6.45, 7) is 6.35. The first-order valence-electron chi connectivity index (χ1n) is 12.2. The van der Waals surface area contributed by atoms with E-state index in [1.54, 1.807) is 19.4 Å². The van der Waals surface area contributed by atoms with Gasteiger partial charge in [-0.1, -0.05) is 18.2 Å². The van der Waals surface area contributed by atoms with Gasteiger partial charge in [0.15, 0.2) is 6.10 Å². The minimum Gasteiger partial charge on any atom is -0.481 e. The molecule has 8 heteroatoms. The molecule has 1 aliphatic rings. The Morgan fingerprint density at radius 1 is 1.14 bits per heavy atom. The molecule has 1 fully saturated rings. The molecule has 0 aliphatic carbocycles.